The van der Waals surface area contributed by atoms with Gasteiger partial charge in [-0.2, -0.15) is 0 Å². The lowest BCUT2D eigenvalue weighted by Gasteiger charge is -2.21. The summed E-state index contributed by atoms with van der Waals surface area (Å²) in [6.07, 6.45) is 5.07. The minimum Gasteiger partial charge on any atom is -0.409 e. The number of aromatic nitrogens is 2. The van der Waals surface area contributed by atoms with Crippen LogP contribution in [-0.2, 0) is 4.79 Å². The quantitative estimate of drug-likeness (QED) is 0.278. The van der Waals surface area contributed by atoms with E-state index in [4.69, 9.17) is 10.9 Å². The molecule has 0 bridgehead atoms. The maximum absolute atomic E-state index is 12.4. The number of rotatable bonds is 4. The van der Waals surface area contributed by atoms with Gasteiger partial charge in [-0.05, 0) is 43.7 Å². The molecule has 1 unspecified atom stereocenters. The number of amides is 1. The molecule has 2 aromatic rings. The fourth-order valence-electron chi connectivity index (χ4n) is 2.76. The Hall–Kier alpha value is -2.71. The van der Waals surface area contributed by atoms with Gasteiger partial charge in [0.15, 0.2) is 5.84 Å². The van der Waals surface area contributed by atoms with Crippen LogP contribution in [0.5, 0.6) is 0 Å². The number of nitrogens with zero attached hydrogens (tertiary/aromatic N) is 3. The van der Waals surface area contributed by atoms with Gasteiger partial charge >= 0.3 is 0 Å². The van der Waals surface area contributed by atoms with E-state index in [0.29, 0.717) is 29.2 Å². The summed E-state index contributed by atoms with van der Waals surface area (Å²) in [5.74, 6) is -0.0204. The van der Waals surface area contributed by atoms with E-state index < -0.39 is 0 Å². The molecule has 8 nitrogen and oxygen atoms in total. The predicted octanol–water partition coefficient (Wildman–Crippen LogP) is 1.60. The number of amidine groups is 1. The van der Waals surface area contributed by atoms with Crippen LogP contribution in [-0.4, -0.2) is 40.0 Å². The Morgan fingerprint density at radius 3 is 2.69 bits per heavy atom. The number of carbonyl (C=O) groups is 1. The molecule has 3 rings (SSSR count). The number of nitrogens with two attached hydrogens (primary N) is 1. The molecule has 0 saturated carbocycles. The van der Waals surface area contributed by atoms with Gasteiger partial charge in [0.2, 0.25) is 5.91 Å². The second-order valence-corrected chi connectivity index (χ2v) is 5.88. The molecule has 1 saturated heterocycles. The summed E-state index contributed by atoms with van der Waals surface area (Å²) in [5, 5.41) is 17.9. The van der Waals surface area contributed by atoms with E-state index in [1.807, 2.05) is 0 Å². The van der Waals surface area contributed by atoms with Crippen molar-refractivity contribution in [3.05, 3.63) is 42.2 Å². The number of nitrogens with one attached hydrogen (secondary N) is 2. The van der Waals surface area contributed by atoms with Crippen LogP contribution in [0.4, 0.5) is 5.69 Å². The Kier molecular flexibility index (Phi) is 6.88. The van der Waals surface area contributed by atoms with Crippen molar-refractivity contribution in [2.24, 2.45) is 16.8 Å². The third kappa shape index (κ3) is 4.68. The van der Waals surface area contributed by atoms with Crippen molar-refractivity contribution < 1.29 is 10.0 Å². The molecule has 2 aromatic heterocycles. The molecule has 0 radical (unpaired) electrons. The van der Waals surface area contributed by atoms with Gasteiger partial charge in [0.05, 0.1) is 17.3 Å². The highest BCUT2D eigenvalue weighted by Crippen LogP contribution is 2.20. The fourth-order valence-corrected chi connectivity index (χ4v) is 2.76. The average Bonchev–Trinajstić information content (AvgIpc) is 2.68. The maximum atomic E-state index is 12.4. The van der Waals surface area contributed by atoms with E-state index >= 15 is 0 Å². The first-order valence-electron chi connectivity index (χ1n) is 8.09. The van der Waals surface area contributed by atoms with Crippen molar-refractivity contribution in [1.82, 2.24) is 15.3 Å². The van der Waals surface area contributed by atoms with E-state index in [-0.39, 0.29) is 30.1 Å². The highest BCUT2D eigenvalue weighted by Gasteiger charge is 2.21. The number of piperidine rings is 1. The van der Waals surface area contributed by atoms with Gasteiger partial charge in [-0.1, -0.05) is 5.16 Å². The van der Waals surface area contributed by atoms with Crippen LogP contribution in [0.1, 0.15) is 18.4 Å². The molecule has 5 N–H and O–H groups in total. The number of anilines is 1. The van der Waals surface area contributed by atoms with Crippen LogP contribution in [0.2, 0.25) is 0 Å². The van der Waals surface area contributed by atoms with E-state index in [1.54, 1.807) is 36.7 Å². The van der Waals surface area contributed by atoms with Gasteiger partial charge in [-0.25, -0.2) is 0 Å². The fraction of sp³-hybridized carbons (Fsp3) is 0.294. The summed E-state index contributed by atoms with van der Waals surface area (Å²) < 4.78 is 0. The smallest absolute Gasteiger partial charge is 0.228 e. The van der Waals surface area contributed by atoms with Gasteiger partial charge in [-0.3, -0.25) is 14.8 Å². The highest BCUT2D eigenvalue weighted by atomic mass is 35.5. The van der Waals surface area contributed by atoms with Crippen molar-refractivity contribution in [1.29, 1.82) is 0 Å². The van der Waals surface area contributed by atoms with Crippen LogP contribution in [0.3, 0.4) is 0 Å². The number of pyridine rings is 2. The maximum Gasteiger partial charge on any atom is 0.228 e. The lowest BCUT2D eigenvalue weighted by molar-refractivity contribution is -0.120. The SMILES string of the molecule is Cl.N/C(=N\O)c1ccnc(-c2cc(NC(=O)C3CCCNC3)ccn2)c1. The summed E-state index contributed by atoms with van der Waals surface area (Å²) in [4.78, 5) is 20.9. The van der Waals surface area contributed by atoms with E-state index in [1.165, 1.54) is 0 Å². The second kappa shape index (κ2) is 9.12. The first-order valence-corrected chi connectivity index (χ1v) is 8.09. The Labute approximate surface area is 157 Å². The summed E-state index contributed by atoms with van der Waals surface area (Å²) in [5.41, 5.74) is 7.97. The van der Waals surface area contributed by atoms with E-state index in [9.17, 15) is 4.79 Å². The van der Waals surface area contributed by atoms with E-state index in [0.717, 1.165) is 19.4 Å². The van der Waals surface area contributed by atoms with Crippen molar-refractivity contribution in [3.63, 3.8) is 0 Å². The highest BCUT2D eigenvalue weighted by molar-refractivity contribution is 5.97. The van der Waals surface area contributed by atoms with E-state index in [2.05, 4.69) is 25.8 Å². The molecule has 9 heteroatoms. The van der Waals surface area contributed by atoms with Gasteiger partial charge in [0.1, 0.15) is 0 Å². The first-order chi connectivity index (χ1) is 12.2. The molecule has 1 atom stereocenters. The Morgan fingerprint density at radius 2 is 2.00 bits per heavy atom. The predicted molar refractivity (Wildman–Crippen MR) is 101 cm³/mol. The third-order valence-corrected chi connectivity index (χ3v) is 4.12. The topological polar surface area (TPSA) is 126 Å². The molecule has 138 valence electrons. The zero-order valence-electron chi connectivity index (χ0n) is 14.1. The Morgan fingerprint density at radius 1 is 1.27 bits per heavy atom. The normalized spacial score (nSPS) is 17.2. The molecule has 0 aliphatic carbocycles. The summed E-state index contributed by atoms with van der Waals surface area (Å²) in [6, 6.07) is 6.81. The van der Waals surface area contributed by atoms with Crippen LogP contribution in [0.15, 0.2) is 41.8 Å². The van der Waals surface area contributed by atoms with Gasteiger partial charge in [-0.15, -0.1) is 12.4 Å². The lowest BCUT2D eigenvalue weighted by atomic mass is 9.99. The standard InChI is InChI=1S/C17H20N6O2.ClH/c18-16(23-25)11-3-6-20-14(8-11)15-9-13(4-7-21-15)22-17(24)12-2-1-5-19-10-12;/h3-4,6-9,12,19,25H,1-2,5,10H2,(H2,18,23)(H,21,22,24);1H. The number of oxime groups is 1. The minimum atomic E-state index is -0.0209. The van der Waals surface area contributed by atoms with Crippen molar-refractivity contribution >= 4 is 29.8 Å². The van der Waals surface area contributed by atoms with Gasteiger partial charge in [0, 0.05) is 30.2 Å². The molecule has 0 aromatic carbocycles. The molecular weight excluding hydrogens is 356 g/mol. The monoisotopic (exact) mass is 376 g/mol. The molecule has 0 spiro atoms. The van der Waals surface area contributed by atoms with Crippen molar-refractivity contribution in [3.8, 4) is 11.4 Å². The number of hydrogen-bond donors (Lipinski definition) is 4. The number of hydrogen-bond acceptors (Lipinski definition) is 6. The molecule has 26 heavy (non-hydrogen) atoms. The molecule has 1 aliphatic rings. The van der Waals surface area contributed by atoms with Crippen molar-refractivity contribution in [2.75, 3.05) is 18.4 Å². The zero-order chi connectivity index (χ0) is 17.6. The Balaban J connectivity index is 0.00000243. The largest absolute Gasteiger partial charge is 0.409 e. The third-order valence-electron chi connectivity index (χ3n) is 4.12. The molecule has 1 aliphatic heterocycles. The second-order valence-electron chi connectivity index (χ2n) is 5.88. The minimum absolute atomic E-state index is 0. The van der Waals surface area contributed by atoms with Crippen molar-refractivity contribution in [2.45, 2.75) is 12.8 Å². The van der Waals surface area contributed by atoms with Crippen LogP contribution in [0.25, 0.3) is 11.4 Å². The van der Waals surface area contributed by atoms with Crippen LogP contribution >= 0.6 is 12.4 Å². The lowest BCUT2D eigenvalue weighted by Crippen LogP contribution is -2.37. The molecule has 3 heterocycles. The number of carbonyl (C=O) groups excluding carboxylic acids is 1. The zero-order valence-corrected chi connectivity index (χ0v) is 14.9. The number of halogens is 1. The van der Waals surface area contributed by atoms with Crippen LogP contribution in [0, 0.1) is 5.92 Å². The van der Waals surface area contributed by atoms with Gasteiger partial charge < -0.3 is 21.6 Å². The average molecular weight is 377 g/mol. The van der Waals surface area contributed by atoms with Gasteiger partial charge in [0.25, 0.3) is 0 Å². The molecule has 1 fully saturated rings. The molecule has 1 amide bonds. The Bertz CT molecular complexity index is 792. The summed E-state index contributed by atoms with van der Waals surface area (Å²) >= 11 is 0. The molecular formula is C17H21ClN6O2. The van der Waals surface area contributed by atoms with Crippen LogP contribution < -0.4 is 16.4 Å². The summed E-state index contributed by atoms with van der Waals surface area (Å²) in [6.45, 7) is 1.67. The first kappa shape index (κ1) is 19.6. The summed E-state index contributed by atoms with van der Waals surface area (Å²) in [7, 11) is 0.